The second kappa shape index (κ2) is 12.5. The first-order valence-electron chi connectivity index (χ1n) is 11.2. The van der Waals surface area contributed by atoms with Crippen LogP contribution in [-0.2, 0) is 16.1 Å². The van der Waals surface area contributed by atoms with E-state index in [2.05, 4.69) is 61.8 Å². The van der Waals surface area contributed by atoms with E-state index in [9.17, 15) is 4.79 Å². The molecular formula is C28H31NO4. The summed E-state index contributed by atoms with van der Waals surface area (Å²) in [7, 11) is 0. The average molecular weight is 446 g/mol. The second-order valence-electron chi connectivity index (χ2n) is 8.21. The molecule has 3 aromatic rings. The van der Waals surface area contributed by atoms with Crippen LogP contribution in [0.2, 0.25) is 0 Å². The van der Waals surface area contributed by atoms with Gasteiger partial charge in [0.25, 0.3) is 0 Å². The van der Waals surface area contributed by atoms with Crippen molar-refractivity contribution in [3.8, 4) is 16.9 Å². The van der Waals surface area contributed by atoms with Crippen molar-refractivity contribution in [2.24, 2.45) is 5.92 Å². The fraction of sp³-hybridized carbons (Fsp3) is 0.250. The molecule has 0 heterocycles. The number of aliphatic carboxylic acids is 1. The Bertz CT molecular complexity index is 1040. The number of ether oxygens (including phenoxy) is 1. The van der Waals surface area contributed by atoms with Crippen LogP contribution in [0, 0.1) is 5.92 Å². The third-order valence-corrected chi connectivity index (χ3v) is 4.99. The molecule has 0 aromatic heterocycles. The van der Waals surface area contributed by atoms with Crippen LogP contribution in [0.1, 0.15) is 31.4 Å². The van der Waals surface area contributed by atoms with E-state index in [-0.39, 0.29) is 6.42 Å². The Labute approximate surface area is 195 Å². The Morgan fingerprint density at radius 3 is 2.36 bits per heavy atom. The lowest BCUT2D eigenvalue weighted by atomic mass is 10.0. The first-order chi connectivity index (χ1) is 16.0. The van der Waals surface area contributed by atoms with Crippen molar-refractivity contribution < 1.29 is 19.5 Å². The van der Waals surface area contributed by atoms with E-state index in [0.29, 0.717) is 30.4 Å². The Balaban J connectivity index is 1.55. The molecule has 0 aliphatic heterocycles. The lowest BCUT2D eigenvalue weighted by molar-refractivity contribution is -0.136. The topological polar surface area (TPSA) is 67.8 Å². The van der Waals surface area contributed by atoms with Gasteiger partial charge in [-0.1, -0.05) is 86.7 Å². The predicted octanol–water partition coefficient (Wildman–Crippen LogP) is 5.97. The highest BCUT2D eigenvalue weighted by molar-refractivity contribution is 5.70. The Morgan fingerprint density at radius 2 is 1.67 bits per heavy atom. The number of carboxylic acids is 1. The van der Waals surface area contributed by atoms with Crippen molar-refractivity contribution in [1.29, 1.82) is 0 Å². The van der Waals surface area contributed by atoms with Gasteiger partial charge in [0.05, 0.1) is 12.1 Å². The van der Waals surface area contributed by atoms with E-state index in [4.69, 9.17) is 14.7 Å². The molecule has 0 fully saturated rings. The average Bonchev–Trinajstić information content (AvgIpc) is 2.81. The summed E-state index contributed by atoms with van der Waals surface area (Å²) in [5.41, 5.74) is 8.11. The SMILES string of the molecule is CC(C)CC=C(NOCCOc1cccc(CC(=O)O)c1)c1ccc(-c2ccccc2)cc1. The van der Waals surface area contributed by atoms with Crippen LogP contribution < -0.4 is 10.2 Å². The number of hydrogen-bond donors (Lipinski definition) is 2. The van der Waals surface area contributed by atoms with Gasteiger partial charge in [-0.15, -0.1) is 0 Å². The van der Waals surface area contributed by atoms with E-state index in [1.165, 1.54) is 11.1 Å². The van der Waals surface area contributed by atoms with Gasteiger partial charge in [-0.2, -0.15) is 0 Å². The summed E-state index contributed by atoms with van der Waals surface area (Å²) < 4.78 is 5.70. The molecule has 0 spiro atoms. The van der Waals surface area contributed by atoms with Gasteiger partial charge in [0.15, 0.2) is 0 Å². The molecule has 2 N–H and O–H groups in total. The van der Waals surface area contributed by atoms with Crippen molar-refractivity contribution in [3.05, 3.63) is 96.1 Å². The number of hydrogen-bond acceptors (Lipinski definition) is 4. The molecule has 0 aliphatic carbocycles. The minimum atomic E-state index is -0.864. The van der Waals surface area contributed by atoms with Gasteiger partial charge < -0.3 is 9.84 Å². The highest BCUT2D eigenvalue weighted by Crippen LogP contribution is 2.22. The lowest BCUT2D eigenvalue weighted by Gasteiger charge is -2.14. The van der Waals surface area contributed by atoms with Crippen LogP contribution in [0.5, 0.6) is 5.75 Å². The van der Waals surface area contributed by atoms with E-state index in [1.54, 1.807) is 24.3 Å². The Morgan fingerprint density at radius 1 is 0.939 bits per heavy atom. The standard InChI is InChI=1S/C28H31NO4/c1-21(2)11-16-27(25-14-12-24(13-15-25)23-8-4-3-5-9-23)29-33-18-17-32-26-10-6-7-22(19-26)20-28(30)31/h3-10,12-16,19,21,29H,11,17-18,20H2,1-2H3,(H,30,31). The lowest BCUT2D eigenvalue weighted by Crippen LogP contribution is -2.18. The molecule has 0 atom stereocenters. The van der Waals surface area contributed by atoms with Crippen LogP contribution >= 0.6 is 0 Å². The molecule has 5 nitrogen and oxygen atoms in total. The largest absolute Gasteiger partial charge is 0.491 e. The summed E-state index contributed by atoms with van der Waals surface area (Å²) in [6.07, 6.45) is 3.06. The molecule has 0 bridgehead atoms. The molecule has 172 valence electrons. The molecule has 0 amide bonds. The quantitative estimate of drug-likeness (QED) is 0.266. The highest BCUT2D eigenvalue weighted by atomic mass is 16.7. The third-order valence-electron chi connectivity index (χ3n) is 4.99. The second-order valence-corrected chi connectivity index (χ2v) is 8.21. The highest BCUT2D eigenvalue weighted by Gasteiger charge is 2.05. The van der Waals surface area contributed by atoms with E-state index < -0.39 is 5.97 Å². The van der Waals surface area contributed by atoms with Gasteiger partial charge in [-0.3, -0.25) is 15.1 Å². The van der Waals surface area contributed by atoms with Crippen LogP contribution in [0.25, 0.3) is 16.8 Å². The van der Waals surface area contributed by atoms with Gasteiger partial charge in [-0.05, 0) is 46.7 Å². The summed E-state index contributed by atoms with van der Waals surface area (Å²) in [6.45, 7) is 5.04. The number of allylic oxidation sites excluding steroid dienone is 1. The Kier molecular flexibility index (Phi) is 9.09. The molecular weight excluding hydrogens is 414 g/mol. The minimum Gasteiger partial charge on any atom is -0.491 e. The smallest absolute Gasteiger partial charge is 0.307 e. The molecule has 0 aliphatic rings. The van der Waals surface area contributed by atoms with Crippen molar-refractivity contribution in [2.45, 2.75) is 26.7 Å². The fourth-order valence-corrected chi connectivity index (χ4v) is 3.29. The summed E-state index contributed by atoms with van der Waals surface area (Å²) in [5.74, 6) is 0.299. The fourth-order valence-electron chi connectivity index (χ4n) is 3.29. The van der Waals surface area contributed by atoms with E-state index in [0.717, 1.165) is 17.7 Å². The zero-order valence-corrected chi connectivity index (χ0v) is 19.2. The number of hydroxylamine groups is 1. The molecule has 5 heteroatoms. The summed E-state index contributed by atoms with van der Waals surface area (Å²) in [5, 5.41) is 8.93. The normalized spacial score (nSPS) is 11.4. The van der Waals surface area contributed by atoms with Gasteiger partial charge in [0.1, 0.15) is 19.0 Å². The van der Waals surface area contributed by atoms with Crippen molar-refractivity contribution >= 4 is 11.7 Å². The minimum absolute atomic E-state index is 0.0255. The zero-order chi connectivity index (χ0) is 23.5. The summed E-state index contributed by atoms with van der Waals surface area (Å²) in [4.78, 5) is 16.5. The number of nitrogens with one attached hydrogen (secondary N) is 1. The van der Waals surface area contributed by atoms with E-state index >= 15 is 0 Å². The number of rotatable bonds is 12. The van der Waals surface area contributed by atoms with Crippen LogP contribution in [0.4, 0.5) is 0 Å². The van der Waals surface area contributed by atoms with Crippen molar-refractivity contribution in [1.82, 2.24) is 5.48 Å². The predicted molar refractivity (Wildman–Crippen MR) is 132 cm³/mol. The van der Waals surface area contributed by atoms with Gasteiger partial charge >= 0.3 is 5.97 Å². The van der Waals surface area contributed by atoms with Gasteiger partial charge in [0.2, 0.25) is 0 Å². The number of carboxylic acid groups (broad SMARTS) is 1. The molecule has 3 rings (SSSR count). The molecule has 0 saturated heterocycles. The number of carbonyl (C=O) groups is 1. The Hall–Kier alpha value is -3.57. The first-order valence-corrected chi connectivity index (χ1v) is 11.2. The number of benzene rings is 3. The molecule has 0 radical (unpaired) electrons. The maximum atomic E-state index is 10.9. The first kappa shape index (κ1) is 24.1. The zero-order valence-electron chi connectivity index (χ0n) is 19.2. The molecule has 3 aromatic carbocycles. The molecule has 0 saturated carbocycles. The van der Waals surface area contributed by atoms with Crippen LogP contribution in [-0.4, -0.2) is 24.3 Å². The third kappa shape index (κ3) is 8.13. The van der Waals surface area contributed by atoms with Crippen LogP contribution in [0.15, 0.2) is 84.9 Å². The summed E-state index contributed by atoms with van der Waals surface area (Å²) >= 11 is 0. The molecule has 0 unspecified atom stereocenters. The van der Waals surface area contributed by atoms with Crippen molar-refractivity contribution in [3.63, 3.8) is 0 Å². The maximum Gasteiger partial charge on any atom is 0.307 e. The van der Waals surface area contributed by atoms with Crippen LogP contribution in [0.3, 0.4) is 0 Å². The maximum absolute atomic E-state index is 10.9. The van der Waals surface area contributed by atoms with Crippen molar-refractivity contribution in [2.75, 3.05) is 13.2 Å². The molecule has 33 heavy (non-hydrogen) atoms. The van der Waals surface area contributed by atoms with E-state index in [1.807, 2.05) is 18.2 Å². The van der Waals surface area contributed by atoms with Gasteiger partial charge in [-0.25, -0.2) is 0 Å². The van der Waals surface area contributed by atoms with Gasteiger partial charge in [0, 0.05) is 0 Å². The summed E-state index contributed by atoms with van der Waals surface area (Å²) in [6, 6.07) is 25.8. The monoisotopic (exact) mass is 445 g/mol.